The van der Waals surface area contributed by atoms with Crippen molar-refractivity contribution >= 4 is 42.4 Å². The molecule has 0 unspecified atom stereocenters. The van der Waals surface area contributed by atoms with Gasteiger partial charge in [-0.25, -0.2) is 0 Å². The summed E-state index contributed by atoms with van der Waals surface area (Å²) in [6, 6.07) is 1.70. The monoisotopic (exact) mass is 447 g/mol. The highest BCUT2D eigenvalue weighted by atomic mass is 35.5. The number of hydrogen-bond acceptors (Lipinski definition) is 6. The minimum Gasteiger partial charge on any atom is -0.360 e. The molecule has 4 rings (SSSR count). The van der Waals surface area contributed by atoms with Crippen molar-refractivity contribution in [2.24, 2.45) is 11.3 Å². The normalized spacial score (nSPS) is 26.8. The van der Waals surface area contributed by atoms with E-state index in [4.69, 9.17) is 4.52 Å². The van der Waals surface area contributed by atoms with Crippen LogP contribution in [0.5, 0.6) is 0 Å². The predicted octanol–water partition coefficient (Wildman–Crippen LogP) is 1.69. The van der Waals surface area contributed by atoms with E-state index in [2.05, 4.69) is 20.7 Å². The Kier molecular flexibility index (Phi) is 8.34. The molecule has 2 N–H and O–H groups in total. The number of piperazine rings is 1. The number of nitrogens with zero attached hydrogens (tertiary/aromatic N) is 3. The van der Waals surface area contributed by atoms with E-state index in [9.17, 15) is 9.59 Å². The van der Waals surface area contributed by atoms with Crippen LogP contribution in [0.15, 0.2) is 10.6 Å². The van der Waals surface area contributed by atoms with E-state index >= 15 is 0 Å². The molecule has 1 aromatic rings. The number of carbonyl (C=O) groups is 2. The van der Waals surface area contributed by atoms with Crippen molar-refractivity contribution in [2.75, 3.05) is 51.1 Å². The van der Waals surface area contributed by atoms with Gasteiger partial charge in [0.05, 0.1) is 12.0 Å². The minimum absolute atomic E-state index is 0. The average molecular weight is 448 g/mol. The molecular formula is C19H31Cl2N5O3. The largest absolute Gasteiger partial charge is 0.360 e. The summed E-state index contributed by atoms with van der Waals surface area (Å²) in [6.45, 7) is 6.76. The Morgan fingerprint density at radius 3 is 2.72 bits per heavy atom. The van der Waals surface area contributed by atoms with Crippen LogP contribution in [-0.2, 0) is 9.59 Å². The third-order valence-corrected chi connectivity index (χ3v) is 6.39. The fourth-order valence-electron chi connectivity index (χ4n) is 4.90. The third kappa shape index (κ3) is 5.05. The summed E-state index contributed by atoms with van der Waals surface area (Å²) in [4.78, 5) is 29.6. The molecule has 0 radical (unpaired) electrons. The van der Waals surface area contributed by atoms with Crippen LogP contribution in [-0.4, -0.2) is 72.6 Å². The summed E-state index contributed by atoms with van der Waals surface area (Å²) in [6.07, 6.45) is 4.59. The lowest BCUT2D eigenvalue weighted by Crippen LogP contribution is -2.56. The van der Waals surface area contributed by atoms with Crippen LogP contribution in [0.3, 0.4) is 0 Å². The van der Waals surface area contributed by atoms with Crippen molar-refractivity contribution in [3.63, 3.8) is 0 Å². The highest BCUT2D eigenvalue weighted by Gasteiger charge is 2.51. The Morgan fingerprint density at radius 2 is 2.03 bits per heavy atom. The summed E-state index contributed by atoms with van der Waals surface area (Å²) in [5.74, 6) is 1.84. The maximum absolute atomic E-state index is 13.3. The fourth-order valence-corrected chi connectivity index (χ4v) is 4.90. The number of hydrogen-bond donors (Lipinski definition) is 2. The number of aromatic nitrogens is 1. The van der Waals surface area contributed by atoms with Crippen LogP contribution >= 0.6 is 24.8 Å². The van der Waals surface area contributed by atoms with Crippen LogP contribution in [0.25, 0.3) is 0 Å². The molecule has 2 aliphatic heterocycles. The number of amides is 2. The first kappa shape index (κ1) is 23.9. The Bertz CT molecular complexity index is 708. The summed E-state index contributed by atoms with van der Waals surface area (Å²) >= 11 is 0. The zero-order valence-corrected chi connectivity index (χ0v) is 18.4. The first-order valence-corrected chi connectivity index (χ1v) is 10.0. The second kappa shape index (κ2) is 10.1. The van der Waals surface area contributed by atoms with Gasteiger partial charge in [-0.2, -0.15) is 0 Å². The third-order valence-electron chi connectivity index (χ3n) is 6.39. The molecular weight excluding hydrogens is 417 g/mol. The molecule has 0 aromatic carbocycles. The number of carbonyl (C=O) groups excluding carboxylic acids is 2. The smallest absolute Gasteiger partial charge is 0.239 e. The maximum atomic E-state index is 13.3. The fraction of sp³-hybridized carbons (Fsp3) is 0.737. The van der Waals surface area contributed by atoms with Gasteiger partial charge in [-0.05, 0) is 32.2 Å². The first-order chi connectivity index (χ1) is 13.1. The second-order valence-electron chi connectivity index (χ2n) is 8.17. The number of fused-ring (bicyclic) bond motifs is 1. The van der Waals surface area contributed by atoms with Gasteiger partial charge in [0, 0.05) is 38.8 Å². The van der Waals surface area contributed by atoms with Gasteiger partial charge in [-0.1, -0.05) is 18.0 Å². The molecule has 29 heavy (non-hydrogen) atoms. The molecule has 1 aliphatic carbocycles. The standard InChI is InChI=1S/C19H29N5O3.2ClH/c1-14-10-16(22-27-14)21-17(25)12-23-6-8-24(9-7-23)18(26)19-5-3-2-4-15(19)11-20-13-19;;/h10,15,20H,2-9,11-13H2,1H3,(H,21,22,25);2*1H/t15-,19+;;/m0../s1. The van der Waals surface area contributed by atoms with Crippen LogP contribution in [0, 0.1) is 18.3 Å². The highest BCUT2D eigenvalue weighted by molar-refractivity contribution is 5.91. The molecule has 8 nitrogen and oxygen atoms in total. The number of anilines is 1. The van der Waals surface area contributed by atoms with Crippen LogP contribution in [0.1, 0.15) is 31.4 Å². The highest BCUT2D eigenvalue weighted by Crippen LogP contribution is 2.45. The topological polar surface area (TPSA) is 90.7 Å². The van der Waals surface area contributed by atoms with E-state index in [0.717, 1.165) is 39.0 Å². The Balaban J connectivity index is 0.00000150. The zero-order valence-electron chi connectivity index (χ0n) is 16.8. The van der Waals surface area contributed by atoms with Gasteiger partial charge < -0.3 is 20.1 Å². The van der Waals surface area contributed by atoms with Gasteiger partial charge in [-0.3, -0.25) is 14.5 Å². The number of halogens is 2. The lowest BCUT2D eigenvalue weighted by Gasteiger charge is -2.43. The van der Waals surface area contributed by atoms with Crippen molar-refractivity contribution in [1.29, 1.82) is 0 Å². The molecule has 3 heterocycles. The Labute approximate surface area is 183 Å². The van der Waals surface area contributed by atoms with Gasteiger partial charge in [0.15, 0.2) is 5.82 Å². The average Bonchev–Trinajstić information content (AvgIpc) is 3.28. The van der Waals surface area contributed by atoms with Crippen molar-refractivity contribution < 1.29 is 14.1 Å². The number of aryl methyl sites for hydroxylation is 1. The van der Waals surface area contributed by atoms with E-state index in [1.807, 2.05) is 4.90 Å². The van der Waals surface area contributed by atoms with Gasteiger partial charge >= 0.3 is 0 Å². The van der Waals surface area contributed by atoms with Crippen molar-refractivity contribution in [1.82, 2.24) is 20.3 Å². The second-order valence-corrected chi connectivity index (χ2v) is 8.17. The molecule has 2 amide bonds. The van der Waals surface area contributed by atoms with E-state index in [-0.39, 0.29) is 36.1 Å². The van der Waals surface area contributed by atoms with Crippen LogP contribution < -0.4 is 10.6 Å². The maximum Gasteiger partial charge on any atom is 0.239 e. The van der Waals surface area contributed by atoms with E-state index < -0.39 is 0 Å². The summed E-state index contributed by atoms with van der Waals surface area (Å²) in [7, 11) is 0. The summed E-state index contributed by atoms with van der Waals surface area (Å²) in [5.41, 5.74) is -0.178. The summed E-state index contributed by atoms with van der Waals surface area (Å²) in [5, 5.41) is 9.99. The molecule has 3 aliphatic rings. The van der Waals surface area contributed by atoms with Gasteiger partial charge in [0.1, 0.15) is 5.76 Å². The van der Waals surface area contributed by atoms with Crippen LogP contribution in [0.2, 0.25) is 0 Å². The van der Waals surface area contributed by atoms with E-state index in [1.54, 1.807) is 13.0 Å². The number of nitrogens with one attached hydrogen (secondary N) is 2. The Hall–Kier alpha value is -1.35. The van der Waals surface area contributed by atoms with Crippen molar-refractivity contribution in [3.05, 3.63) is 11.8 Å². The van der Waals surface area contributed by atoms with Gasteiger partial charge in [0.25, 0.3) is 0 Å². The van der Waals surface area contributed by atoms with Gasteiger partial charge in [-0.15, -0.1) is 24.8 Å². The number of rotatable bonds is 4. The molecule has 164 valence electrons. The SMILES string of the molecule is Cc1cc(NC(=O)CN2CCN(C(=O)[C@@]34CCCC[C@H]3CNC4)CC2)no1.Cl.Cl. The van der Waals surface area contributed by atoms with E-state index in [1.165, 1.54) is 12.8 Å². The lowest BCUT2D eigenvalue weighted by atomic mass is 9.67. The molecule has 2 atom stereocenters. The quantitative estimate of drug-likeness (QED) is 0.729. The molecule has 0 bridgehead atoms. The summed E-state index contributed by atoms with van der Waals surface area (Å²) < 4.78 is 4.96. The molecule has 3 fully saturated rings. The van der Waals surface area contributed by atoms with Gasteiger partial charge in [0.2, 0.25) is 11.8 Å². The molecule has 2 saturated heterocycles. The van der Waals surface area contributed by atoms with Crippen molar-refractivity contribution in [2.45, 2.75) is 32.6 Å². The van der Waals surface area contributed by atoms with E-state index in [0.29, 0.717) is 43.0 Å². The molecule has 1 saturated carbocycles. The molecule has 1 aromatic heterocycles. The lowest BCUT2D eigenvalue weighted by molar-refractivity contribution is -0.147. The Morgan fingerprint density at radius 1 is 1.28 bits per heavy atom. The molecule has 10 heteroatoms. The minimum atomic E-state index is -0.178. The van der Waals surface area contributed by atoms with Crippen molar-refractivity contribution in [3.8, 4) is 0 Å². The zero-order chi connectivity index (χ0) is 18.9. The molecule has 0 spiro atoms. The first-order valence-electron chi connectivity index (χ1n) is 10.0. The van der Waals surface area contributed by atoms with Crippen LogP contribution in [0.4, 0.5) is 5.82 Å². The predicted molar refractivity (Wildman–Crippen MR) is 115 cm³/mol.